The fourth-order valence-electron chi connectivity index (χ4n) is 1.94. The Morgan fingerprint density at radius 3 is 2.29 bits per heavy atom. The molecule has 3 N–H and O–H groups in total. The third kappa shape index (κ3) is 2.20. The molecule has 0 fully saturated rings. The lowest BCUT2D eigenvalue weighted by atomic mass is 9.68. The zero-order valence-electron chi connectivity index (χ0n) is 9.08. The monoisotopic (exact) mass is 240 g/mol. The van der Waals surface area contributed by atoms with Crippen LogP contribution in [0.25, 0.3) is 0 Å². The molecule has 17 heavy (non-hydrogen) atoms. The normalized spacial score (nSPS) is 27.4. The average molecular weight is 240 g/mol. The van der Waals surface area contributed by atoms with Gasteiger partial charge in [-0.15, -0.1) is 0 Å². The van der Waals surface area contributed by atoms with Crippen molar-refractivity contribution in [1.29, 1.82) is 0 Å². The molecular formula is C11H12O6. The van der Waals surface area contributed by atoms with Gasteiger partial charge in [-0.3, -0.25) is 9.59 Å². The highest BCUT2D eigenvalue weighted by Crippen LogP contribution is 2.41. The van der Waals surface area contributed by atoms with Crippen molar-refractivity contribution in [1.82, 2.24) is 0 Å². The summed E-state index contributed by atoms with van der Waals surface area (Å²) in [5.74, 6) is -4.76. The Hall–Kier alpha value is -2.11. The van der Waals surface area contributed by atoms with Crippen molar-refractivity contribution in [3.63, 3.8) is 0 Å². The van der Waals surface area contributed by atoms with Gasteiger partial charge < -0.3 is 15.3 Å². The molecule has 0 heterocycles. The molecule has 0 radical (unpaired) electrons. The fraction of sp³-hybridized carbons (Fsp3) is 0.364. The van der Waals surface area contributed by atoms with Gasteiger partial charge in [-0.05, 0) is 0 Å². The number of allylic oxidation sites excluding steroid dienone is 2. The summed E-state index contributed by atoms with van der Waals surface area (Å²) in [5, 5.41) is 26.8. The standard InChI is InChI=1S/C11H12O6/c1-6-7(9(14)15)3-2-4-11(6,10(16)17)5-8(12)13/h2-4,6H,5H2,1H3,(H,12,13)(H,14,15)(H,16,17). The van der Waals surface area contributed by atoms with Crippen molar-refractivity contribution < 1.29 is 29.7 Å². The zero-order valence-corrected chi connectivity index (χ0v) is 9.08. The van der Waals surface area contributed by atoms with Crippen LogP contribution in [0.1, 0.15) is 13.3 Å². The minimum atomic E-state index is -1.70. The SMILES string of the molecule is CC1C(C(=O)O)=CC=CC1(CC(=O)O)C(=O)O. The van der Waals surface area contributed by atoms with E-state index in [9.17, 15) is 19.5 Å². The van der Waals surface area contributed by atoms with Crippen LogP contribution in [0.3, 0.4) is 0 Å². The zero-order chi connectivity index (χ0) is 13.2. The van der Waals surface area contributed by atoms with E-state index in [0.717, 1.165) is 0 Å². The van der Waals surface area contributed by atoms with Crippen molar-refractivity contribution in [2.75, 3.05) is 0 Å². The van der Waals surface area contributed by atoms with E-state index in [1.54, 1.807) is 0 Å². The average Bonchev–Trinajstić information content (AvgIpc) is 2.19. The van der Waals surface area contributed by atoms with Crippen LogP contribution < -0.4 is 0 Å². The Kier molecular flexibility index (Phi) is 3.36. The van der Waals surface area contributed by atoms with Gasteiger partial charge in [-0.25, -0.2) is 4.79 Å². The smallest absolute Gasteiger partial charge is 0.331 e. The predicted molar refractivity (Wildman–Crippen MR) is 56.3 cm³/mol. The Bertz CT molecular complexity index is 433. The maximum atomic E-state index is 11.3. The molecule has 0 aliphatic heterocycles. The third-order valence-corrected chi connectivity index (χ3v) is 3.00. The van der Waals surface area contributed by atoms with E-state index in [4.69, 9.17) is 10.2 Å². The van der Waals surface area contributed by atoms with Gasteiger partial charge in [-0.2, -0.15) is 0 Å². The lowest BCUT2D eigenvalue weighted by Crippen LogP contribution is -2.41. The number of carboxylic acid groups (broad SMARTS) is 3. The Balaban J connectivity index is 3.22. The van der Waals surface area contributed by atoms with Gasteiger partial charge in [0.25, 0.3) is 0 Å². The Morgan fingerprint density at radius 2 is 1.88 bits per heavy atom. The molecule has 2 unspecified atom stereocenters. The van der Waals surface area contributed by atoms with E-state index < -0.39 is 35.7 Å². The summed E-state index contributed by atoms with van der Waals surface area (Å²) in [6.45, 7) is 1.40. The van der Waals surface area contributed by atoms with Gasteiger partial charge in [0.2, 0.25) is 0 Å². The largest absolute Gasteiger partial charge is 0.481 e. The van der Waals surface area contributed by atoms with Gasteiger partial charge in [0, 0.05) is 11.5 Å². The molecule has 1 rings (SSSR count). The van der Waals surface area contributed by atoms with Crippen LogP contribution in [0.5, 0.6) is 0 Å². The van der Waals surface area contributed by atoms with E-state index in [1.807, 2.05) is 0 Å². The minimum absolute atomic E-state index is 0.101. The van der Waals surface area contributed by atoms with Gasteiger partial charge >= 0.3 is 17.9 Å². The van der Waals surface area contributed by atoms with Crippen LogP contribution in [0.15, 0.2) is 23.8 Å². The van der Waals surface area contributed by atoms with Crippen LogP contribution in [-0.2, 0) is 14.4 Å². The minimum Gasteiger partial charge on any atom is -0.481 e. The van der Waals surface area contributed by atoms with Crippen molar-refractivity contribution in [2.24, 2.45) is 11.3 Å². The lowest BCUT2D eigenvalue weighted by Gasteiger charge is -2.33. The number of aliphatic carboxylic acids is 3. The van der Waals surface area contributed by atoms with Crippen molar-refractivity contribution in [3.05, 3.63) is 23.8 Å². The number of hydrogen-bond donors (Lipinski definition) is 3. The maximum Gasteiger partial charge on any atom is 0.331 e. The summed E-state index contributed by atoms with van der Waals surface area (Å²) in [6.07, 6.45) is 3.15. The van der Waals surface area contributed by atoms with Crippen LogP contribution in [0.2, 0.25) is 0 Å². The van der Waals surface area contributed by atoms with Crippen LogP contribution in [0, 0.1) is 11.3 Å². The number of rotatable bonds is 4. The summed E-state index contributed by atoms with van der Waals surface area (Å²) in [5.41, 5.74) is -1.80. The van der Waals surface area contributed by atoms with Crippen LogP contribution in [0.4, 0.5) is 0 Å². The molecule has 0 aromatic rings. The first-order valence-corrected chi connectivity index (χ1v) is 4.89. The summed E-state index contributed by atoms with van der Waals surface area (Å²) < 4.78 is 0. The molecule has 6 heteroatoms. The first-order chi connectivity index (χ1) is 7.81. The van der Waals surface area contributed by atoms with Gasteiger partial charge in [0.1, 0.15) is 5.41 Å². The molecule has 1 aliphatic rings. The predicted octanol–water partition coefficient (Wildman–Crippen LogP) is 0.749. The molecular weight excluding hydrogens is 228 g/mol. The summed E-state index contributed by atoms with van der Waals surface area (Å²) in [6, 6.07) is 0. The lowest BCUT2D eigenvalue weighted by molar-refractivity contribution is -0.155. The molecule has 0 aromatic heterocycles. The maximum absolute atomic E-state index is 11.3. The number of carbonyl (C=O) groups is 3. The first kappa shape index (κ1) is 13.0. The van der Waals surface area contributed by atoms with E-state index in [1.165, 1.54) is 25.2 Å². The van der Waals surface area contributed by atoms with Crippen molar-refractivity contribution in [2.45, 2.75) is 13.3 Å². The van der Waals surface area contributed by atoms with Crippen molar-refractivity contribution >= 4 is 17.9 Å². The summed E-state index contributed by atoms with van der Waals surface area (Å²) in [7, 11) is 0. The molecule has 0 aromatic carbocycles. The highest BCUT2D eigenvalue weighted by Gasteiger charge is 2.47. The van der Waals surface area contributed by atoms with Gasteiger partial charge in [-0.1, -0.05) is 25.2 Å². The molecule has 0 saturated heterocycles. The molecule has 0 bridgehead atoms. The second-order valence-corrected chi connectivity index (χ2v) is 3.92. The number of carboxylic acids is 3. The molecule has 2 atom stereocenters. The van der Waals surface area contributed by atoms with E-state index in [-0.39, 0.29) is 5.57 Å². The highest BCUT2D eigenvalue weighted by molar-refractivity contribution is 5.92. The van der Waals surface area contributed by atoms with Crippen LogP contribution >= 0.6 is 0 Å². The van der Waals surface area contributed by atoms with Crippen LogP contribution in [-0.4, -0.2) is 33.2 Å². The van der Waals surface area contributed by atoms with E-state index >= 15 is 0 Å². The first-order valence-electron chi connectivity index (χ1n) is 4.89. The quantitative estimate of drug-likeness (QED) is 0.668. The third-order valence-electron chi connectivity index (χ3n) is 3.00. The molecule has 6 nitrogen and oxygen atoms in total. The molecule has 1 aliphatic carbocycles. The summed E-state index contributed by atoms with van der Waals surface area (Å²) >= 11 is 0. The van der Waals surface area contributed by atoms with E-state index in [2.05, 4.69) is 0 Å². The second kappa shape index (κ2) is 4.40. The molecule has 0 amide bonds. The van der Waals surface area contributed by atoms with E-state index in [0.29, 0.717) is 0 Å². The second-order valence-electron chi connectivity index (χ2n) is 3.92. The van der Waals surface area contributed by atoms with Gasteiger partial charge in [0.15, 0.2) is 0 Å². The highest BCUT2D eigenvalue weighted by atomic mass is 16.4. The number of hydrogen-bond acceptors (Lipinski definition) is 3. The molecule has 0 saturated carbocycles. The Labute approximate surface area is 96.9 Å². The van der Waals surface area contributed by atoms with Gasteiger partial charge in [0.05, 0.1) is 6.42 Å². The molecule has 92 valence electrons. The topological polar surface area (TPSA) is 112 Å². The molecule has 0 spiro atoms. The Morgan fingerprint density at radius 1 is 1.29 bits per heavy atom. The fourth-order valence-corrected chi connectivity index (χ4v) is 1.94. The summed E-state index contributed by atoms with van der Waals surface area (Å²) in [4.78, 5) is 32.9. The van der Waals surface area contributed by atoms with Crippen molar-refractivity contribution in [3.8, 4) is 0 Å².